The highest BCUT2D eigenvalue weighted by Crippen LogP contribution is 2.21. The molecule has 11 heavy (non-hydrogen) atoms. The van der Waals surface area contributed by atoms with Gasteiger partial charge in [-0.2, -0.15) is 0 Å². The molecule has 1 rings (SSSR count). The van der Waals surface area contributed by atoms with Crippen LogP contribution in [0.25, 0.3) is 0 Å². The minimum atomic E-state index is -1.04. The van der Waals surface area contributed by atoms with Crippen molar-refractivity contribution in [2.75, 3.05) is 14.2 Å². The van der Waals surface area contributed by atoms with E-state index in [4.69, 9.17) is 14.2 Å². The molecule has 0 unspecified atom stereocenters. The van der Waals surface area contributed by atoms with Gasteiger partial charge in [0.2, 0.25) is 0 Å². The number of aliphatic hydroxyl groups is 2. The third kappa shape index (κ3) is 1.52. The predicted molar refractivity (Wildman–Crippen MR) is 34.7 cm³/mol. The normalized spacial score (nSPS) is 44.7. The van der Waals surface area contributed by atoms with Crippen molar-refractivity contribution in [1.29, 1.82) is 0 Å². The Bertz CT molecular complexity index is 110. The Hall–Kier alpha value is -0.200. The summed E-state index contributed by atoms with van der Waals surface area (Å²) in [5.41, 5.74) is 0. The van der Waals surface area contributed by atoms with Gasteiger partial charge in [-0.1, -0.05) is 0 Å². The lowest BCUT2D eigenvalue weighted by Crippen LogP contribution is -2.33. The molecule has 0 spiro atoms. The van der Waals surface area contributed by atoms with Crippen molar-refractivity contribution < 1.29 is 24.4 Å². The van der Waals surface area contributed by atoms with Crippen LogP contribution in [0, 0.1) is 0 Å². The van der Waals surface area contributed by atoms with Crippen LogP contribution in [0.15, 0.2) is 0 Å². The third-order valence-corrected chi connectivity index (χ3v) is 1.64. The van der Waals surface area contributed by atoms with E-state index in [1.807, 2.05) is 0 Å². The predicted octanol–water partition coefficient (Wildman–Crippen LogP) is -1.32. The molecule has 0 radical (unpaired) electrons. The first-order valence-corrected chi connectivity index (χ1v) is 3.28. The van der Waals surface area contributed by atoms with Crippen molar-refractivity contribution in [2.24, 2.45) is 0 Å². The fourth-order valence-electron chi connectivity index (χ4n) is 1.01. The highest BCUT2D eigenvalue weighted by atomic mass is 16.8. The number of aliphatic hydroxyl groups excluding tert-OH is 2. The molecule has 1 aliphatic rings. The van der Waals surface area contributed by atoms with Gasteiger partial charge in [0.1, 0.15) is 12.2 Å². The third-order valence-electron chi connectivity index (χ3n) is 1.64. The molecule has 4 atom stereocenters. The number of ether oxygens (including phenoxy) is 3. The van der Waals surface area contributed by atoms with E-state index in [1.54, 1.807) is 0 Å². The summed E-state index contributed by atoms with van der Waals surface area (Å²) in [5, 5.41) is 18.4. The summed E-state index contributed by atoms with van der Waals surface area (Å²) in [4.78, 5) is 0. The summed E-state index contributed by atoms with van der Waals surface area (Å²) in [6.07, 6.45) is -3.67. The standard InChI is InChI=1S/C6H12O5/c1-9-5-3(7)4(8)6(10-2)11-5/h3-8H,1-2H3/t3-,4-,5+,6+/m0/s1. The van der Waals surface area contributed by atoms with Crippen LogP contribution < -0.4 is 0 Å². The molecule has 1 heterocycles. The highest BCUT2D eigenvalue weighted by Gasteiger charge is 2.43. The lowest BCUT2D eigenvalue weighted by atomic mass is 10.2. The first-order valence-electron chi connectivity index (χ1n) is 3.28. The molecule has 0 saturated carbocycles. The fourth-order valence-corrected chi connectivity index (χ4v) is 1.01. The van der Waals surface area contributed by atoms with Crippen LogP contribution in [0.2, 0.25) is 0 Å². The Labute approximate surface area is 64.5 Å². The smallest absolute Gasteiger partial charge is 0.189 e. The van der Waals surface area contributed by atoms with Crippen LogP contribution in [0.5, 0.6) is 0 Å². The maximum absolute atomic E-state index is 9.18. The zero-order chi connectivity index (χ0) is 8.43. The van der Waals surface area contributed by atoms with E-state index < -0.39 is 24.8 Å². The minimum absolute atomic E-state index is 0.796. The average Bonchev–Trinajstić information content (AvgIpc) is 2.30. The van der Waals surface area contributed by atoms with Crippen molar-refractivity contribution in [1.82, 2.24) is 0 Å². The van der Waals surface area contributed by atoms with Crippen LogP contribution in [-0.4, -0.2) is 49.2 Å². The second-order valence-electron chi connectivity index (χ2n) is 2.33. The van der Waals surface area contributed by atoms with E-state index in [1.165, 1.54) is 14.2 Å². The van der Waals surface area contributed by atoms with E-state index in [-0.39, 0.29) is 0 Å². The molecule has 1 aliphatic heterocycles. The molecular weight excluding hydrogens is 152 g/mol. The van der Waals surface area contributed by atoms with E-state index in [0.29, 0.717) is 0 Å². The number of hydrogen-bond acceptors (Lipinski definition) is 5. The van der Waals surface area contributed by atoms with E-state index >= 15 is 0 Å². The van der Waals surface area contributed by atoms with Crippen LogP contribution in [-0.2, 0) is 14.2 Å². The van der Waals surface area contributed by atoms with Gasteiger partial charge in [-0.05, 0) is 0 Å². The van der Waals surface area contributed by atoms with Gasteiger partial charge in [0.15, 0.2) is 12.6 Å². The first-order chi connectivity index (χ1) is 5.20. The monoisotopic (exact) mass is 164 g/mol. The molecule has 5 nitrogen and oxygen atoms in total. The van der Waals surface area contributed by atoms with Gasteiger partial charge in [0.05, 0.1) is 0 Å². The van der Waals surface area contributed by atoms with Crippen LogP contribution in [0.1, 0.15) is 0 Å². The molecule has 1 fully saturated rings. The quantitative estimate of drug-likeness (QED) is 0.530. The molecule has 5 heteroatoms. The summed E-state index contributed by atoms with van der Waals surface area (Å²) in [6.45, 7) is 0. The Morgan fingerprint density at radius 1 is 1.00 bits per heavy atom. The molecule has 66 valence electrons. The van der Waals surface area contributed by atoms with Crippen LogP contribution in [0.3, 0.4) is 0 Å². The minimum Gasteiger partial charge on any atom is -0.385 e. The zero-order valence-corrected chi connectivity index (χ0v) is 6.43. The average molecular weight is 164 g/mol. The summed E-state index contributed by atoms with van der Waals surface area (Å²) < 4.78 is 14.4. The molecular formula is C6H12O5. The maximum atomic E-state index is 9.18. The lowest BCUT2D eigenvalue weighted by molar-refractivity contribution is -0.205. The Morgan fingerprint density at radius 3 is 1.55 bits per heavy atom. The Balaban J connectivity index is 2.53. The second kappa shape index (κ2) is 3.46. The molecule has 2 N–H and O–H groups in total. The van der Waals surface area contributed by atoms with Gasteiger partial charge in [-0.25, -0.2) is 0 Å². The molecule has 1 saturated heterocycles. The van der Waals surface area contributed by atoms with Crippen molar-refractivity contribution in [2.45, 2.75) is 24.8 Å². The van der Waals surface area contributed by atoms with E-state index in [0.717, 1.165) is 0 Å². The summed E-state index contributed by atoms with van der Waals surface area (Å²) in [5.74, 6) is 0. The van der Waals surface area contributed by atoms with Crippen molar-refractivity contribution in [3.8, 4) is 0 Å². The fraction of sp³-hybridized carbons (Fsp3) is 1.00. The first kappa shape index (κ1) is 8.89. The topological polar surface area (TPSA) is 68.2 Å². The van der Waals surface area contributed by atoms with Gasteiger partial charge in [0.25, 0.3) is 0 Å². The number of rotatable bonds is 2. The van der Waals surface area contributed by atoms with Gasteiger partial charge in [0, 0.05) is 14.2 Å². The van der Waals surface area contributed by atoms with Crippen LogP contribution in [0.4, 0.5) is 0 Å². The van der Waals surface area contributed by atoms with Crippen molar-refractivity contribution in [3.63, 3.8) is 0 Å². The van der Waals surface area contributed by atoms with Gasteiger partial charge in [-0.3, -0.25) is 0 Å². The van der Waals surface area contributed by atoms with Gasteiger partial charge >= 0.3 is 0 Å². The molecule has 0 aliphatic carbocycles. The second-order valence-corrected chi connectivity index (χ2v) is 2.33. The largest absolute Gasteiger partial charge is 0.385 e. The van der Waals surface area contributed by atoms with Crippen LogP contribution >= 0.6 is 0 Å². The van der Waals surface area contributed by atoms with Crippen molar-refractivity contribution in [3.05, 3.63) is 0 Å². The Kier molecular flexibility index (Phi) is 2.80. The highest BCUT2D eigenvalue weighted by molar-refractivity contribution is 4.81. The molecule has 0 amide bonds. The molecule has 0 bridgehead atoms. The summed E-state index contributed by atoms with van der Waals surface area (Å²) in [7, 11) is 2.78. The zero-order valence-electron chi connectivity index (χ0n) is 6.43. The summed E-state index contributed by atoms with van der Waals surface area (Å²) in [6, 6.07) is 0. The van der Waals surface area contributed by atoms with Gasteiger partial charge < -0.3 is 24.4 Å². The number of hydrogen-bond donors (Lipinski definition) is 2. The lowest BCUT2D eigenvalue weighted by Gasteiger charge is -2.10. The maximum Gasteiger partial charge on any atom is 0.189 e. The Morgan fingerprint density at radius 2 is 1.36 bits per heavy atom. The summed E-state index contributed by atoms with van der Waals surface area (Å²) >= 11 is 0. The van der Waals surface area contributed by atoms with Gasteiger partial charge in [-0.15, -0.1) is 0 Å². The molecule has 0 aromatic heterocycles. The molecule has 0 aromatic carbocycles. The van der Waals surface area contributed by atoms with E-state index in [2.05, 4.69) is 0 Å². The SMILES string of the molecule is CO[C@@H]1O[C@@H](OC)[C@@H](O)[C@@H]1O. The van der Waals surface area contributed by atoms with Crippen molar-refractivity contribution >= 4 is 0 Å². The van der Waals surface area contributed by atoms with E-state index in [9.17, 15) is 10.2 Å². The molecule has 0 aromatic rings. The number of methoxy groups -OCH3 is 2.